The minimum absolute atomic E-state index is 0.885. The molecule has 5 heteroatoms. The van der Waals surface area contributed by atoms with Gasteiger partial charge in [-0.1, -0.05) is 0 Å². The Kier molecular flexibility index (Phi) is 1.30. The van der Waals surface area contributed by atoms with Crippen LogP contribution in [0.3, 0.4) is 0 Å². The van der Waals surface area contributed by atoms with Gasteiger partial charge in [-0.2, -0.15) is 0 Å². The first-order valence-electron chi connectivity index (χ1n) is 4.22. The summed E-state index contributed by atoms with van der Waals surface area (Å²) in [6.07, 6.45) is 6.63. The number of hydrogen-bond donors (Lipinski definition) is 0. The zero-order valence-electron chi connectivity index (χ0n) is 7.55. The largest absolute Gasteiger partial charge is 0.326 e. The lowest BCUT2D eigenvalue weighted by molar-refractivity contribution is 0.975. The monoisotopic (exact) mass is 185 g/mol. The Labute approximate surface area is 79.5 Å². The zero-order chi connectivity index (χ0) is 9.54. The lowest BCUT2D eigenvalue weighted by atomic mass is 10.3. The summed E-state index contributed by atoms with van der Waals surface area (Å²) < 4.78 is 1.96. The third-order valence-electron chi connectivity index (χ3n) is 2.32. The van der Waals surface area contributed by atoms with Crippen LogP contribution in [0.2, 0.25) is 0 Å². The lowest BCUT2D eigenvalue weighted by Gasteiger charge is -1.93. The fourth-order valence-electron chi connectivity index (χ4n) is 1.65. The van der Waals surface area contributed by atoms with Crippen LogP contribution in [0.15, 0.2) is 25.0 Å². The molecule has 68 valence electrons. The standard InChI is InChI=1S/C9H7N5/c1-14-7-3-11-4-12-8(7)6-2-10-5-13-9(6)14/h2-5H,1H3. The van der Waals surface area contributed by atoms with Gasteiger partial charge in [0.25, 0.3) is 0 Å². The summed E-state index contributed by atoms with van der Waals surface area (Å²) in [6, 6.07) is 0. The van der Waals surface area contributed by atoms with E-state index in [4.69, 9.17) is 0 Å². The molecule has 0 aliphatic carbocycles. The van der Waals surface area contributed by atoms with Crippen molar-refractivity contribution >= 4 is 22.1 Å². The van der Waals surface area contributed by atoms with Crippen molar-refractivity contribution in [2.75, 3.05) is 0 Å². The molecule has 0 spiro atoms. The molecule has 14 heavy (non-hydrogen) atoms. The highest BCUT2D eigenvalue weighted by molar-refractivity contribution is 6.03. The molecule has 0 fully saturated rings. The molecule has 0 radical (unpaired) electrons. The lowest BCUT2D eigenvalue weighted by Crippen LogP contribution is -1.89. The predicted molar refractivity (Wildman–Crippen MR) is 51.6 cm³/mol. The van der Waals surface area contributed by atoms with E-state index in [2.05, 4.69) is 19.9 Å². The van der Waals surface area contributed by atoms with Gasteiger partial charge < -0.3 is 4.57 Å². The molecule has 0 amide bonds. The van der Waals surface area contributed by atoms with Crippen molar-refractivity contribution in [3.63, 3.8) is 0 Å². The first kappa shape index (κ1) is 7.37. The number of hydrogen-bond acceptors (Lipinski definition) is 4. The van der Waals surface area contributed by atoms with E-state index >= 15 is 0 Å². The molecule has 0 atom stereocenters. The highest BCUT2D eigenvalue weighted by atomic mass is 15.1. The van der Waals surface area contributed by atoms with Crippen LogP contribution < -0.4 is 0 Å². The third kappa shape index (κ3) is 0.783. The molecule has 5 nitrogen and oxygen atoms in total. The van der Waals surface area contributed by atoms with Crippen molar-refractivity contribution in [3.8, 4) is 0 Å². The number of fused-ring (bicyclic) bond motifs is 3. The zero-order valence-corrected chi connectivity index (χ0v) is 7.55. The van der Waals surface area contributed by atoms with E-state index in [-0.39, 0.29) is 0 Å². The fourth-order valence-corrected chi connectivity index (χ4v) is 1.65. The van der Waals surface area contributed by atoms with Gasteiger partial charge in [0.1, 0.15) is 23.8 Å². The van der Waals surface area contributed by atoms with Crippen LogP contribution in [-0.2, 0) is 7.05 Å². The predicted octanol–water partition coefficient (Wildman–Crippen LogP) is 0.911. The van der Waals surface area contributed by atoms with Gasteiger partial charge in [0.2, 0.25) is 0 Å². The number of rotatable bonds is 0. The molecule has 0 unspecified atom stereocenters. The van der Waals surface area contributed by atoms with E-state index in [9.17, 15) is 0 Å². The van der Waals surface area contributed by atoms with E-state index in [1.807, 2.05) is 11.6 Å². The number of aryl methyl sites for hydroxylation is 1. The highest BCUT2D eigenvalue weighted by Crippen LogP contribution is 2.22. The third-order valence-corrected chi connectivity index (χ3v) is 2.32. The normalized spacial score (nSPS) is 11.2. The Hall–Kier alpha value is -2.04. The topological polar surface area (TPSA) is 56.5 Å². The molecule has 0 bridgehead atoms. The van der Waals surface area contributed by atoms with Gasteiger partial charge in [0.15, 0.2) is 0 Å². The molecule has 0 aliphatic rings. The summed E-state index contributed by atoms with van der Waals surface area (Å²) in [4.78, 5) is 16.4. The molecule has 0 aliphatic heterocycles. The second kappa shape index (κ2) is 2.47. The summed E-state index contributed by atoms with van der Waals surface area (Å²) in [6.45, 7) is 0. The molecular weight excluding hydrogens is 178 g/mol. The van der Waals surface area contributed by atoms with Gasteiger partial charge >= 0.3 is 0 Å². The van der Waals surface area contributed by atoms with Gasteiger partial charge in [0, 0.05) is 13.2 Å². The molecule has 0 N–H and O–H groups in total. The first-order chi connectivity index (χ1) is 6.88. The molecule has 3 heterocycles. The van der Waals surface area contributed by atoms with Gasteiger partial charge in [-0.05, 0) is 0 Å². The van der Waals surface area contributed by atoms with E-state index in [1.165, 1.54) is 12.7 Å². The Morgan fingerprint density at radius 3 is 2.79 bits per heavy atom. The fraction of sp³-hybridized carbons (Fsp3) is 0.111. The van der Waals surface area contributed by atoms with Gasteiger partial charge in [-0.25, -0.2) is 19.9 Å². The van der Waals surface area contributed by atoms with Crippen LogP contribution in [0, 0.1) is 0 Å². The summed E-state index contributed by atoms with van der Waals surface area (Å²) in [7, 11) is 1.95. The molecule has 0 aromatic carbocycles. The molecule has 3 aromatic heterocycles. The summed E-state index contributed by atoms with van der Waals surface area (Å²) >= 11 is 0. The first-order valence-corrected chi connectivity index (χ1v) is 4.22. The molecule has 3 rings (SSSR count). The average Bonchev–Trinajstić information content (AvgIpc) is 2.55. The van der Waals surface area contributed by atoms with E-state index < -0.39 is 0 Å². The van der Waals surface area contributed by atoms with E-state index in [0.29, 0.717) is 0 Å². The maximum atomic E-state index is 4.22. The average molecular weight is 185 g/mol. The smallest absolute Gasteiger partial charge is 0.145 e. The second-order valence-corrected chi connectivity index (χ2v) is 3.08. The van der Waals surface area contributed by atoms with Crippen molar-refractivity contribution < 1.29 is 0 Å². The van der Waals surface area contributed by atoms with Crippen molar-refractivity contribution in [1.82, 2.24) is 24.5 Å². The van der Waals surface area contributed by atoms with Crippen molar-refractivity contribution in [1.29, 1.82) is 0 Å². The van der Waals surface area contributed by atoms with Crippen molar-refractivity contribution in [2.24, 2.45) is 7.05 Å². The second-order valence-electron chi connectivity index (χ2n) is 3.08. The van der Waals surface area contributed by atoms with Crippen LogP contribution in [-0.4, -0.2) is 24.5 Å². The molecule has 3 aromatic rings. The van der Waals surface area contributed by atoms with E-state index in [1.54, 1.807) is 12.4 Å². The molecule has 0 saturated carbocycles. The van der Waals surface area contributed by atoms with Gasteiger partial charge in [0.05, 0.1) is 17.1 Å². The summed E-state index contributed by atoms with van der Waals surface area (Å²) in [5, 5.41) is 0.965. The maximum Gasteiger partial charge on any atom is 0.145 e. The number of nitrogens with zero attached hydrogens (tertiary/aromatic N) is 5. The number of aromatic nitrogens is 5. The van der Waals surface area contributed by atoms with Crippen molar-refractivity contribution in [3.05, 3.63) is 25.0 Å². The Balaban J connectivity index is 2.69. The molecular formula is C9H7N5. The Morgan fingerprint density at radius 1 is 1.07 bits per heavy atom. The summed E-state index contributed by atoms with van der Waals surface area (Å²) in [5.74, 6) is 0. The quantitative estimate of drug-likeness (QED) is 0.522. The van der Waals surface area contributed by atoms with Gasteiger partial charge in [-0.3, -0.25) is 0 Å². The minimum Gasteiger partial charge on any atom is -0.326 e. The Bertz CT molecular complexity index is 559. The van der Waals surface area contributed by atoms with Crippen LogP contribution in [0.4, 0.5) is 0 Å². The molecule has 0 saturated heterocycles. The van der Waals surface area contributed by atoms with E-state index in [0.717, 1.165) is 22.1 Å². The van der Waals surface area contributed by atoms with Crippen LogP contribution >= 0.6 is 0 Å². The summed E-state index contributed by atoms with van der Waals surface area (Å²) in [5.41, 5.74) is 2.76. The Morgan fingerprint density at radius 2 is 1.86 bits per heavy atom. The van der Waals surface area contributed by atoms with Crippen molar-refractivity contribution in [2.45, 2.75) is 0 Å². The highest BCUT2D eigenvalue weighted by Gasteiger charge is 2.08. The van der Waals surface area contributed by atoms with Crippen LogP contribution in [0.25, 0.3) is 22.1 Å². The maximum absolute atomic E-state index is 4.22. The van der Waals surface area contributed by atoms with Gasteiger partial charge in [-0.15, -0.1) is 0 Å². The van der Waals surface area contributed by atoms with Crippen LogP contribution in [0.5, 0.6) is 0 Å². The SMILES string of the molecule is Cn1c2cncnc2c2cncnc21. The minimum atomic E-state index is 0.885. The van der Waals surface area contributed by atoms with Crippen LogP contribution in [0.1, 0.15) is 0 Å².